The quantitative estimate of drug-likeness (QED) is 0.888. The standard InChI is InChI=1S/C15H10ClF3O3/c16-12-11(15(17,18)19)7-6-10(14(20)21)13(12)22-8-9-4-2-1-3-5-9/h1-7H,8H2,(H,20,21). The first-order valence-electron chi connectivity index (χ1n) is 6.10. The summed E-state index contributed by atoms with van der Waals surface area (Å²) in [4.78, 5) is 11.1. The lowest BCUT2D eigenvalue weighted by atomic mass is 10.1. The van der Waals surface area contributed by atoms with Crippen LogP contribution in [-0.2, 0) is 12.8 Å². The molecule has 7 heteroatoms. The van der Waals surface area contributed by atoms with Gasteiger partial charge >= 0.3 is 12.1 Å². The lowest BCUT2D eigenvalue weighted by Gasteiger charge is -2.15. The van der Waals surface area contributed by atoms with Gasteiger partial charge in [0.15, 0.2) is 5.75 Å². The summed E-state index contributed by atoms with van der Waals surface area (Å²) in [7, 11) is 0. The van der Waals surface area contributed by atoms with E-state index in [4.69, 9.17) is 21.4 Å². The number of benzene rings is 2. The predicted octanol–water partition coefficient (Wildman–Crippen LogP) is 4.64. The summed E-state index contributed by atoms with van der Waals surface area (Å²) >= 11 is 5.70. The van der Waals surface area contributed by atoms with E-state index in [2.05, 4.69) is 0 Å². The van der Waals surface area contributed by atoms with E-state index in [0.717, 1.165) is 6.07 Å². The van der Waals surface area contributed by atoms with Gasteiger partial charge in [-0.1, -0.05) is 41.9 Å². The summed E-state index contributed by atoms with van der Waals surface area (Å²) in [6.07, 6.45) is -4.70. The molecule has 0 unspecified atom stereocenters. The fourth-order valence-corrected chi connectivity index (χ4v) is 2.14. The Morgan fingerprint density at radius 1 is 1.14 bits per heavy atom. The third-order valence-corrected chi connectivity index (χ3v) is 3.23. The minimum atomic E-state index is -4.70. The second kappa shape index (κ2) is 6.27. The number of halogens is 4. The lowest BCUT2D eigenvalue weighted by Crippen LogP contribution is -2.10. The maximum absolute atomic E-state index is 12.8. The Morgan fingerprint density at radius 3 is 2.32 bits per heavy atom. The maximum atomic E-state index is 12.8. The number of carboxylic acid groups (broad SMARTS) is 1. The fourth-order valence-electron chi connectivity index (χ4n) is 1.81. The third kappa shape index (κ3) is 3.51. The van der Waals surface area contributed by atoms with Crippen LogP contribution in [0.1, 0.15) is 21.5 Å². The van der Waals surface area contributed by atoms with Crippen molar-refractivity contribution in [1.82, 2.24) is 0 Å². The van der Waals surface area contributed by atoms with Crippen LogP contribution in [0.4, 0.5) is 13.2 Å². The summed E-state index contributed by atoms with van der Waals surface area (Å²) in [6, 6.07) is 10.1. The summed E-state index contributed by atoms with van der Waals surface area (Å²) in [5, 5.41) is 8.30. The molecule has 2 aromatic carbocycles. The predicted molar refractivity (Wildman–Crippen MR) is 74.2 cm³/mol. The fraction of sp³-hybridized carbons (Fsp3) is 0.133. The number of carboxylic acids is 1. The SMILES string of the molecule is O=C(O)c1ccc(C(F)(F)F)c(Cl)c1OCc1ccccc1. The molecule has 0 amide bonds. The molecule has 0 aliphatic carbocycles. The van der Waals surface area contributed by atoms with Crippen molar-refractivity contribution < 1.29 is 27.8 Å². The Morgan fingerprint density at radius 2 is 1.77 bits per heavy atom. The molecule has 0 saturated carbocycles. The van der Waals surface area contributed by atoms with E-state index in [1.54, 1.807) is 30.3 Å². The first-order chi connectivity index (χ1) is 10.3. The molecule has 0 heterocycles. The van der Waals surface area contributed by atoms with Crippen LogP contribution >= 0.6 is 11.6 Å². The van der Waals surface area contributed by atoms with Crippen molar-refractivity contribution in [3.05, 3.63) is 64.2 Å². The summed E-state index contributed by atoms with van der Waals surface area (Å²) in [5.74, 6) is -1.91. The molecule has 0 spiro atoms. The van der Waals surface area contributed by atoms with Crippen molar-refractivity contribution in [2.75, 3.05) is 0 Å². The third-order valence-electron chi connectivity index (χ3n) is 2.86. The van der Waals surface area contributed by atoms with Crippen LogP contribution in [0.3, 0.4) is 0 Å². The molecule has 3 nitrogen and oxygen atoms in total. The zero-order chi connectivity index (χ0) is 16.3. The van der Waals surface area contributed by atoms with Crippen molar-refractivity contribution in [3.8, 4) is 5.75 Å². The number of hydrogen-bond acceptors (Lipinski definition) is 2. The average molecular weight is 331 g/mol. The van der Waals surface area contributed by atoms with Crippen LogP contribution in [0, 0.1) is 0 Å². The molecule has 2 aromatic rings. The average Bonchev–Trinajstić information content (AvgIpc) is 2.45. The van der Waals surface area contributed by atoms with Crippen molar-refractivity contribution in [3.63, 3.8) is 0 Å². The zero-order valence-electron chi connectivity index (χ0n) is 11.0. The Hall–Kier alpha value is -2.21. The van der Waals surface area contributed by atoms with Crippen LogP contribution in [0.25, 0.3) is 0 Å². The molecule has 0 saturated heterocycles. The largest absolute Gasteiger partial charge is 0.486 e. The molecule has 0 radical (unpaired) electrons. The number of aromatic carboxylic acids is 1. The van der Waals surface area contributed by atoms with Crippen molar-refractivity contribution >= 4 is 17.6 Å². The number of ether oxygens (including phenoxy) is 1. The van der Waals surface area contributed by atoms with E-state index in [1.165, 1.54) is 0 Å². The second-order valence-electron chi connectivity index (χ2n) is 4.38. The molecular weight excluding hydrogens is 321 g/mol. The normalized spacial score (nSPS) is 11.3. The first kappa shape index (κ1) is 16.2. The molecule has 1 N–H and O–H groups in total. The van der Waals surface area contributed by atoms with E-state index in [0.29, 0.717) is 11.6 Å². The Bertz CT molecular complexity index is 684. The van der Waals surface area contributed by atoms with Crippen LogP contribution in [0.2, 0.25) is 5.02 Å². The van der Waals surface area contributed by atoms with Gasteiger partial charge in [0, 0.05) is 0 Å². The first-order valence-corrected chi connectivity index (χ1v) is 6.48. The summed E-state index contributed by atoms with van der Waals surface area (Å²) < 4.78 is 43.8. The molecule has 0 atom stereocenters. The van der Waals surface area contributed by atoms with E-state index in [1.807, 2.05) is 0 Å². The van der Waals surface area contributed by atoms with Gasteiger partial charge in [-0.15, -0.1) is 0 Å². The number of hydrogen-bond donors (Lipinski definition) is 1. The van der Waals surface area contributed by atoms with Crippen LogP contribution in [0.5, 0.6) is 5.75 Å². The maximum Gasteiger partial charge on any atom is 0.417 e. The van der Waals surface area contributed by atoms with Gasteiger partial charge in [-0.25, -0.2) is 4.79 Å². The van der Waals surface area contributed by atoms with Crippen molar-refractivity contribution in [2.24, 2.45) is 0 Å². The highest BCUT2D eigenvalue weighted by Gasteiger charge is 2.35. The van der Waals surface area contributed by atoms with Gasteiger partial charge in [-0.05, 0) is 17.7 Å². The van der Waals surface area contributed by atoms with Crippen LogP contribution in [0.15, 0.2) is 42.5 Å². The monoisotopic (exact) mass is 330 g/mol. The van der Waals surface area contributed by atoms with Crippen molar-refractivity contribution in [2.45, 2.75) is 12.8 Å². The second-order valence-corrected chi connectivity index (χ2v) is 4.76. The molecule has 0 fully saturated rings. The van der Waals surface area contributed by atoms with Crippen LogP contribution < -0.4 is 4.74 Å². The smallest absolute Gasteiger partial charge is 0.417 e. The van der Waals surface area contributed by atoms with E-state index in [9.17, 15) is 18.0 Å². The van der Waals surface area contributed by atoms with Gasteiger partial charge in [-0.3, -0.25) is 0 Å². The Kier molecular flexibility index (Phi) is 4.61. The zero-order valence-corrected chi connectivity index (χ0v) is 11.8. The van der Waals surface area contributed by atoms with E-state index in [-0.39, 0.29) is 6.61 Å². The molecule has 116 valence electrons. The van der Waals surface area contributed by atoms with E-state index >= 15 is 0 Å². The van der Waals surface area contributed by atoms with Crippen molar-refractivity contribution in [1.29, 1.82) is 0 Å². The molecule has 0 aromatic heterocycles. The highest BCUT2D eigenvalue weighted by Crippen LogP contribution is 2.41. The molecule has 2 rings (SSSR count). The van der Waals surface area contributed by atoms with Gasteiger partial charge in [0.2, 0.25) is 0 Å². The highest BCUT2D eigenvalue weighted by molar-refractivity contribution is 6.33. The lowest BCUT2D eigenvalue weighted by molar-refractivity contribution is -0.137. The van der Waals surface area contributed by atoms with Gasteiger partial charge in [-0.2, -0.15) is 13.2 Å². The molecule has 22 heavy (non-hydrogen) atoms. The van der Waals surface area contributed by atoms with Gasteiger partial charge < -0.3 is 9.84 Å². The molecule has 0 bridgehead atoms. The number of carbonyl (C=O) groups is 1. The highest BCUT2D eigenvalue weighted by atomic mass is 35.5. The van der Waals surface area contributed by atoms with Gasteiger partial charge in [0.25, 0.3) is 0 Å². The summed E-state index contributed by atoms with van der Waals surface area (Å²) in [6.45, 7) is -0.0951. The molecule has 0 aliphatic heterocycles. The molecular formula is C15H10ClF3O3. The minimum absolute atomic E-state index is 0.0951. The summed E-state index contributed by atoms with van der Waals surface area (Å²) in [5.41, 5.74) is -0.886. The number of rotatable bonds is 4. The van der Waals surface area contributed by atoms with Gasteiger partial charge in [0.05, 0.1) is 10.6 Å². The van der Waals surface area contributed by atoms with Crippen LogP contribution in [-0.4, -0.2) is 11.1 Å². The topological polar surface area (TPSA) is 46.5 Å². The Balaban J connectivity index is 2.40. The number of alkyl halides is 3. The van der Waals surface area contributed by atoms with Gasteiger partial charge in [0.1, 0.15) is 12.2 Å². The van der Waals surface area contributed by atoms with E-state index < -0.39 is 34.0 Å². The minimum Gasteiger partial charge on any atom is -0.486 e. The Labute approximate surface area is 128 Å². The molecule has 0 aliphatic rings.